The molecule has 1 amide bonds. The third-order valence-electron chi connectivity index (χ3n) is 4.10. The summed E-state index contributed by atoms with van der Waals surface area (Å²) in [5.74, 6) is -0.210. The second-order valence-electron chi connectivity index (χ2n) is 6.04. The Morgan fingerprint density at radius 3 is 2.00 bits per heavy atom. The van der Waals surface area contributed by atoms with Crippen molar-refractivity contribution in [2.24, 2.45) is 10.2 Å². The van der Waals surface area contributed by atoms with Gasteiger partial charge in [-0.1, -0.05) is 23.2 Å². The van der Waals surface area contributed by atoms with E-state index in [2.05, 4.69) is 15.5 Å². The highest BCUT2D eigenvalue weighted by Crippen LogP contribution is 2.41. The molecule has 9 nitrogen and oxygen atoms in total. The number of halogens is 2. The fourth-order valence-corrected chi connectivity index (χ4v) is 3.07. The van der Waals surface area contributed by atoms with Crippen LogP contribution in [-0.2, 0) is 9.59 Å². The molecule has 0 aliphatic carbocycles. The van der Waals surface area contributed by atoms with Gasteiger partial charge in [0.1, 0.15) is 28.0 Å². The van der Waals surface area contributed by atoms with Crippen molar-refractivity contribution >= 4 is 46.3 Å². The molecule has 31 heavy (non-hydrogen) atoms. The van der Waals surface area contributed by atoms with Crippen LogP contribution in [0.3, 0.4) is 0 Å². The van der Waals surface area contributed by atoms with Crippen molar-refractivity contribution in [3.63, 3.8) is 0 Å². The molecule has 11 heteroatoms. The van der Waals surface area contributed by atoms with Crippen molar-refractivity contribution in [1.29, 1.82) is 0 Å². The Kier molecular flexibility index (Phi) is 8.47. The van der Waals surface area contributed by atoms with Gasteiger partial charge >= 0.3 is 0 Å². The fourth-order valence-electron chi connectivity index (χ4n) is 2.57. The van der Waals surface area contributed by atoms with Crippen LogP contribution in [-0.4, -0.2) is 46.2 Å². The molecule has 0 aliphatic heterocycles. The number of carbonyl (C=O) groups is 2. The lowest BCUT2D eigenvalue weighted by Gasteiger charge is -2.16. The first-order chi connectivity index (χ1) is 14.8. The van der Waals surface area contributed by atoms with Gasteiger partial charge in [-0.25, -0.2) is 0 Å². The summed E-state index contributed by atoms with van der Waals surface area (Å²) in [6.45, 7) is 1.22. The first-order valence-electron chi connectivity index (χ1n) is 8.81. The van der Waals surface area contributed by atoms with E-state index in [1.165, 1.54) is 47.5 Å². The molecule has 1 unspecified atom stereocenters. The molecule has 0 saturated carbocycles. The summed E-state index contributed by atoms with van der Waals surface area (Å²) < 4.78 is 20.8. The van der Waals surface area contributed by atoms with Crippen molar-refractivity contribution in [3.8, 4) is 23.0 Å². The second kappa shape index (κ2) is 10.8. The molecule has 0 bridgehead atoms. The van der Waals surface area contributed by atoms with Gasteiger partial charge in [-0.2, -0.15) is 10.2 Å². The number of Topliss-reactive ketones (excluding diaryl/α,β-unsaturated/α-hetero) is 1. The van der Waals surface area contributed by atoms with Crippen LogP contribution in [0.5, 0.6) is 23.0 Å². The number of benzene rings is 2. The van der Waals surface area contributed by atoms with E-state index in [0.717, 1.165) is 0 Å². The highest BCUT2D eigenvalue weighted by Gasteiger charge is 2.26. The second-order valence-corrected chi connectivity index (χ2v) is 6.83. The quantitative estimate of drug-likeness (QED) is 0.420. The van der Waals surface area contributed by atoms with E-state index in [1.54, 1.807) is 12.1 Å². The minimum atomic E-state index is -1.44. The number of nitrogens with zero attached hydrogens (tertiary/aromatic N) is 2. The molecule has 0 aliphatic rings. The Morgan fingerprint density at radius 1 is 0.935 bits per heavy atom. The van der Waals surface area contributed by atoms with Gasteiger partial charge in [0.05, 0.1) is 39.1 Å². The Balaban J connectivity index is 2.37. The number of ketones is 1. The van der Waals surface area contributed by atoms with Gasteiger partial charge in [-0.05, 0) is 19.1 Å². The van der Waals surface area contributed by atoms with Crippen LogP contribution in [0.15, 0.2) is 34.5 Å². The molecular formula is C20H21Cl2N3O6. The average molecular weight is 470 g/mol. The number of methoxy groups -OCH3 is 4. The lowest BCUT2D eigenvalue weighted by atomic mass is 10.2. The van der Waals surface area contributed by atoms with Crippen molar-refractivity contribution in [3.05, 3.63) is 34.3 Å². The average Bonchev–Trinajstić information content (AvgIpc) is 2.74. The number of hydrogen-bond acceptors (Lipinski definition) is 8. The standard InChI is InChI=1S/C20H21Cl2N3O6/c1-10(26)17(25-24-11-8-14(29-3)16(22)15(9-11)30-4)20(27)23-18-13(28-2)7-6-12(21)19(18)31-5/h6-9,17H,1-5H3,(H,23,27). The Morgan fingerprint density at radius 2 is 1.52 bits per heavy atom. The zero-order valence-electron chi connectivity index (χ0n) is 17.5. The van der Waals surface area contributed by atoms with Crippen molar-refractivity contribution in [2.75, 3.05) is 33.8 Å². The Bertz CT molecular complexity index is 988. The first kappa shape index (κ1) is 24.2. The number of carbonyl (C=O) groups excluding carboxylic acids is 2. The first-order valence-corrected chi connectivity index (χ1v) is 9.57. The molecule has 0 fully saturated rings. The highest BCUT2D eigenvalue weighted by molar-refractivity contribution is 6.33. The van der Waals surface area contributed by atoms with Crippen molar-refractivity contribution < 1.29 is 28.5 Å². The highest BCUT2D eigenvalue weighted by atomic mass is 35.5. The van der Waals surface area contributed by atoms with Gasteiger partial charge in [0.2, 0.25) is 6.04 Å². The minimum Gasteiger partial charge on any atom is -0.495 e. The normalized spacial score (nSPS) is 11.7. The molecule has 0 radical (unpaired) electrons. The Hall–Kier alpha value is -3.04. The predicted octanol–water partition coefficient (Wildman–Crippen LogP) is 4.71. The van der Waals surface area contributed by atoms with Gasteiger partial charge in [0, 0.05) is 12.1 Å². The maximum absolute atomic E-state index is 12.8. The summed E-state index contributed by atoms with van der Waals surface area (Å²) in [7, 11) is 5.67. The molecule has 0 saturated heterocycles. The number of hydrogen-bond donors (Lipinski definition) is 1. The molecule has 1 atom stereocenters. The molecule has 2 aromatic carbocycles. The summed E-state index contributed by atoms with van der Waals surface area (Å²) in [6.07, 6.45) is 0. The topological polar surface area (TPSA) is 108 Å². The number of ether oxygens (including phenoxy) is 4. The molecular weight excluding hydrogens is 449 g/mol. The lowest BCUT2D eigenvalue weighted by Crippen LogP contribution is -2.32. The third kappa shape index (κ3) is 5.56. The van der Waals surface area contributed by atoms with Crippen LogP contribution in [0.4, 0.5) is 11.4 Å². The largest absolute Gasteiger partial charge is 0.495 e. The molecule has 2 aromatic rings. The summed E-state index contributed by atoms with van der Waals surface area (Å²) in [6, 6.07) is 4.65. The number of anilines is 1. The van der Waals surface area contributed by atoms with Crippen LogP contribution in [0.2, 0.25) is 10.0 Å². The number of amides is 1. The van der Waals surface area contributed by atoms with Crippen molar-refractivity contribution in [1.82, 2.24) is 0 Å². The lowest BCUT2D eigenvalue weighted by molar-refractivity contribution is -0.126. The summed E-state index contributed by atoms with van der Waals surface area (Å²) in [5, 5.41) is 11.0. The minimum absolute atomic E-state index is 0.166. The van der Waals surface area contributed by atoms with Gasteiger partial charge < -0.3 is 24.3 Å². The van der Waals surface area contributed by atoms with E-state index in [1.807, 2.05) is 0 Å². The van der Waals surface area contributed by atoms with Crippen LogP contribution >= 0.6 is 23.2 Å². The van der Waals surface area contributed by atoms with Gasteiger partial charge in [0.15, 0.2) is 11.5 Å². The summed E-state index contributed by atoms with van der Waals surface area (Å²) in [5.41, 5.74) is 0.439. The van der Waals surface area contributed by atoms with E-state index < -0.39 is 17.7 Å². The maximum atomic E-state index is 12.8. The SMILES string of the molecule is COc1cc(N=NC(C(C)=O)C(=O)Nc2c(OC)ccc(Cl)c2OC)cc(OC)c1Cl. The van der Waals surface area contributed by atoms with E-state index in [0.29, 0.717) is 17.2 Å². The van der Waals surface area contributed by atoms with Crippen LogP contribution < -0.4 is 24.3 Å². The Labute approximate surface area is 189 Å². The number of azo groups is 1. The van der Waals surface area contributed by atoms with Crippen LogP contribution in [0.25, 0.3) is 0 Å². The molecule has 1 N–H and O–H groups in total. The molecule has 0 spiro atoms. The predicted molar refractivity (Wildman–Crippen MR) is 117 cm³/mol. The fraction of sp³-hybridized carbons (Fsp3) is 0.300. The van der Waals surface area contributed by atoms with Gasteiger partial charge in [-0.3, -0.25) is 9.59 Å². The number of nitrogens with one attached hydrogen (secondary N) is 1. The van der Waals surface area contributed by atoms with E-state index in [9.17, 15) is 9.59 Å². The van der Waals surface area contributed by atoms with E-state index >= 15 is 0 Å². The van der Waals surface area contributed by atoms with E-state index in [-0.39, 0.29) is 27.2 Å². The summed E-state index contributed by atoms with van der Waals surface area (Å²) >= 11 is 12.2. The molecule has 0 aromatic heterocycles. The van der Waals surface area contributed by atoms with Crippen molar-refractivity contribution in [2.45, 2.75) is 13.0 Å². The smallest absolute Gasteiger partial charge is 0.259 e. The van der Waals surface area contributed by atoms with Crippen LogP contribution in [0, 0.1) is 0 Å². The molecule has 2 rings (SSSR count). The van der Waals surface area contributed by atoms with Gasteiger partial charge in [0.25, 0.3) is 5.91 Å². The zero-order chi connectivity index (χ0) is 23.1. The maximum Gasteiger partial charge on any atom is 0.259 e. The van der Waals surface area contributed by atoms with E-state index in [4.69, 9.17) is 42.1 Å². The zero-order valence-corrected chi connectivity index (χ0v) is 19.0. The molecule has 166 valence electrons. The third-order valence-corrected chi connectivity index (χ3v) is 4.77. The summed E-state index contributed by atoms with van der Waals surface area (Å²) in [4.78, 5) is 24.9. The molecule has 0 heterocycles. The van der Waals surface area contributed by atoms with Crippen LogP contribution in [0.1, 0.15) is 6.92 Å². The van der Waals surface area contributed by atoms with Gasteiger partial charge in [-0.15, -0.1) is 0 Å². The monoisotopic (exact) mass is 469 g/mol. The number of rotatable bonds is 9.